The van der Waals surface area contributed by atoms with Gasteiger partial charge in [-0.3, -0.25) is 14.5 Å². The Morgan fingerprint density at radius 1 is 1.12 bits per heavy atom. The van der Waals surface area contributed by atoms with Gasteiger partial charge >= 0.3 is 0 Å². The van der Waals surface area contributed by atoms with E-state index in [1.54, 1.807) is 7.11 Å². The number of imide groups is 1. The minimum absolute atomic E-state index is 0.0722. The molecule has 0 spiro atoms. The summed E-state index contributed by atoms with van der Waals surface area (Å²) in [5, 5.41) is 0. The summed E-state index contributed by atoms with van der Waals surface area (Å²) < 4.78 is 5.05. The number of rotatable bonds is 3. The number of ether oxygens (including phenoxy) is 1. The number of piperidine rings is 1. The SMILES string of the molecule is COc1ccc(CN2C(=O)CCCC2=O)cc1. The second-order valence-electron chi connectivity index (χ2n) is 4.08. The van der Waals surface area contributed by atoms with Crippen LogP contribution in [-0.2, 0) is 16.1 Å². The van der Waals surface area contributed by atoms with E-state index in [1.165, 1.54) is 4.90 Å². The van der Waals surface area contributed by atoms with Gasteiger partial charge in [-0.2, -0.15) is 0 Å². The molecule has 17 heavy (non-hydrogen) atoms. The van der Waals surface area contributed by atoms with Gasteiger partial charge in [-0.1, -0.05) is 12.1 Å². The summed E-state index contributed by atoms with van der Waals surface area (Å²) in [5.41, 5.74) is 0.939. The Balaban J connectivity index is 2.08. The first-order valence-electron chi connectivity index (χ1n) is 5.67. The molecule has 0 N–H and O–H groups in total. The zero-order chi connectivity index (χ0) is 12.3. The summed E-state index contributed by atoms with van der Waals surface area (Å²) in [6.07, 6.45) is 1.63. The standard InChI is InChI=1S/C13H15NO3/c1-17-11-7-5-10(6-8-11)9-14-12(15)3-2-4-13(14)16/h5-8H,2-4,9H2,1H3. The van der Waals surface area contributed by atoms with E-state index in [9.17, 15) is 9.59 Å². The fraction of sp³-hybridized carbons (Fsp3) is 0.385. The van der Waals surface area contributed by atoms with Crippen LogP contribution >= 0.6 is 0 Å². The molecule has 1 saturated heterocycles. The van der Waals surface area contributed by atoms with Crippen LogP contribution in [0, 0.1) is 0 Å². The molecule has 0 aliphatic carbocycles. The second-order valence-corrected chi connectivity index (χ2v) is 4.08. The number of hydrogen-bond acceptors (Lipinski definition) is 3. The normalized spacial score (nSPS) is 16.2. The van der Waals surface area contributed by atoms with E-state index in [2.05, 4.69) is 0 Å². The molecule has 1 aliphatic heterocycles. The van der Waals surface area contributed by atoms with Gasteiger partial charge in [0.25, 0.3) is 0 Å². The average molecular weight is 233 g/mol. The lowest BCUT2D eigenvalue weighted by molar-refractivity contribution is -0.148. The minimum Gasteiger partial charge on any atom is -0.497 e. The molecular formula is C13H15NO3. The summed E-state index contributed by atoms with van der Waals surface area (Å²) in [6, 6.07) is 7.39. The van der Waals surface area contributed by atoms with E-state index in [0.717, 1.165) is 11.3 Å². The Kier molecular flexibility index (Phi) is 3.42. The lowest BCUT2D eigenvalue weighted by Gasteiger charge is -2.24. The van der Waals surface area contributed by atoms with E-state index in [0.29, 0.717) is 25.8 Å². The average Bonchev–Trinajstić information content (AvgIpc) is 2.35. The van der Waals surface area contributed by atoms with Crippen molar-refractivity contribution in [3.63, 3.8) is 0 Å². The highest BCUT2D eigenvalue weighted by molar-refractivity contribution is 5.97. The van der Waals surface area contributed by atoms with Crippen LogP contribution in [0.25, 0.3) is 0 Å². The number of benzene rings is 1. The summed E-state index contributed by atoms with van der Waals surface area (Å²) in [4.78, 5) is 24.6. The van der Waals surface area contributed by atoms with Gasteiger partial charge in [0.15, 0.2) is 0 Å². The predicted octanol–water partition coefficient (Wildman–Crippen LogP) is 1.73. The lowest BCUT2D eigenvalue weighted by Crippen LogP contribution is -2.39. The van der Waals surface area contributed by atoms with Crippen LogP contribution in [0.15, 0.2) is 24.3 Å². The lowest BCUT2D eigenvalue weighted by atomic mass is 10.1. The van der Waals surface area contributed by atoms with Gasteiger partial charge in [0.05, 0.1) is 13.7 Å². The van der Waals surface area contributed by atoms with Crippen molar-refractivity contribution in [2.45, 2.75) is 25.8 Å². The van der Waals surface area contributed by atoms with Crippen LogP contribution in [0.2, 0.25) is 0 Å². The van der Waals surface area contributed by atoms with E-state index >= 15 is 0 Å². The number of nitrogens with zero attached hydrogens (tertiary/aromatic N) is 1. The fourth-order valence-corrected chi connectivity index (χ4v) is 1.89. The number of methoxy groups -OCH3 is 1. The van der Waals surface area contributed by atoms with Crippen molar-refractivity contribution in [3.05, 3.63) is 29.8 Å². The Morgan fingerprint density at radius 3 is 2.24 bits per heavy atom. The molecule has 0 aromatic heterocycles. The van der Waals surface area contributed by atoms with E-state index in [4.69, 9.17) is 4.74 Å². The molecule has 4 nitrogen and oxygen atoms in total. The minimum atomic E-state index is -0.0722. The van der Waals surface area contributed by atoms with Crippen LogP contribution in [0.5, 0.6) is 5.75 Å². The molecule has 0 saturated carbocycles. The predicted molar refractivity (Wildman–Crippen MR) is 62.4 cm³/mol. The third-order valence-corrected chi connectivity index (χ3v) is 2.88. The third kappa shape index (κ3) is 2.64. The summed E-state index contributed by atoms with van der Waals surface area (Å²) >= 11 is 0. The van der Waals surface area contributed by atoms with Crippen molar-refractivity contribution >= 4 is 11.8 Å². The molecule has 0 unspecified atom stereocenters. The monoisotopic (exact) mass is 233 g/mol. The van der Waals surface area contributed by atoms with E-state index in [-0.39, 0.29) is 11.8 Å². The molecule has 1 aromatic rings. The van der Waals surface area contributed by atoms with Crippen LogP contribution in [0.1, 0.15) is 24.8 Å². The number of carbonyl (C=O) groups is 2. The highest BCUT2D eigenvalue weighted by Gasteiger charge is 2.25. The quantitative estimate of drug-likeness (QED) is 0.747. The van der Waals surface area contributed by atoms with Crippen molar-refractivity contribution in [2.24, 2.45) is 0 Å². The molecule has 0 atom stereocenters. The maximum atomic E-state index is 11.6. The maximum Gasteiger partial charge on any atom is 0.229 e. The van der Waals surface area contributed by atoms with E-state index < -0.39 is 0 Å². The topological polar surface area (TPSA) is 46.6 Å². The molecule has 90 valence electrons. The first-order chi connectivity index (χ1) is 8.20. The van der Waals surface area contributed by atoms with Crippen molar-refractivity contribution in [1.82, 2.24) is 4.90 Å². The number of likely N-dealkylation sites (tertiary alicyclic amines) is 1. The Labute approximate surface area is 100 Å². The summed E-state index contributed by atoms with van der Waals surface area (Å²) in [6.45, 7) is 0.363. The van der Waals surface area contributed by atoms with Crippen molar-refractivity contribution in [2.75, 3.05) is 7.11 Å². The summed E-state index contributed by atoms with van der Waals surface area (Å²) in [5.74, 6) is 0.624. The van der Waals surface area contributed by atoms with Crippen LogP contribution < -0.4 is 4.74 Å². The molecule has 1 aromatic carbocycles. The molecule has 4 heteroatoms. The maximum absolute atomic E-state index is 11.6. The van der Waals surface area contributed by atoms with Crippen molar-refractivity contribution in [3.8, 4) is 5.75 Å². The molecule has 2 amide bonds. The molecule has 1 aliphatic rings. The highest BCUT2D eigenvalue weighted by atomic mass is 16.5. The highest BCUT2D eigenvalue weighted by Crippen LogP contribution is 2.17. The Hall–Kier alpha value is -1.84. The third-order valence-electron chi connectivity index (χ3n) is 2.88. The van der Waals surface area contributed by atoms with Crippen LogP contribution in [0.3, 0.4) is 0 Å². The Morgan fingerprint density at radius 2 is 1.71 bits per heavy atom. The van der Waals surface area contributed by atoms with Crippen molar-refractivity contribution < 1.29 is 14.3 Å². The van der Waals surface area contributed by atoms with Gasteiger partial charge in [0.1, 0.15) is 5.75 Å². The number of hydrogen-bond donors (Lipinski definition) is 0. The number of amides is 2. The zero-order valence-electron chi connectivity index (χ0n) is 9.81. The fourth-order valence-electron chi connectivity index (χ4n) is 1.89. The van der Waals surface area contributed by atoms with Crippen molar-refractivity contribution in [1.29, 1.82) is 0 Å². The second kappa shape index (κ2) is 4.99. The molecular weight excluding hydrogens is 218 g/mol. The van der Waals surface area contributed by atoms with Gasteiger partial charge in [-0.25, -0.2) is 0 Å². The van der Waals surface area contributed by atoms with Crippen LogP contribution in [-0.4, -0.2) is 23.8 Å². The van der Waals surface area contributed by atoms with Gasteiger partial charge in [0, 0.05) is 12.8 Å². The molecule has 2 rings (SSSR count). The van der Waals surface area contributed by atoms with Gasteiger partial charge in [-0.05, 0) is 24.1 Å². The first kappa shape index (κ1) is 11.6. The summed E-state index contributed by atoms with van der Waals surface area (Å²) in [7, 11) is 1.60. The molecule has 1 heterocycles. The van der Waals surface area contributed by atoms with E-state index in [1.807, 2.05) is 24.3 Å². The van der Waals surface area contributed by atoms with Crippen LogP contribution in [0.4, 0.5) is 0 Å². The molecule has 0 radical (unpaired) electrons. The molecule has 1 fully saturated rings. The van der Waals surface area contributed by atoms with Gasteiger partial charge < -0.3 is 4.74 Å². The number of carbonyl (C=O) groups excluding carboxylic acids is 2. The largest absolute Gasteiger partial charge is 0.497 e. The zero-order valence-corrected chi connectivity index (χ0v) is 9.81. The first-order valence-corrected chi connectivity index (χ1v) is 5.67. The van der Waals surface area contributed by atoms with Gasteiger partial charge in [-0.15, -0.1) is 0 Å². The molecule has 0 bridgehead atoms. The van der Waals surface area contributed by atoms with Gasteiger partial charge in [0.2, 0.25) is 11.8 Å². The Bertz CT molecular complexity index is 409. The smallest absolute Gasteiger partial charge is 0.229 e.